The van der Waals surface area contributed by atoms with Crippen LogP contribution in [0.5, 0.6) is 0 Å². The maximum Gasteiger partial charge on any atom is 0.437 e. The van der Waals surface area contributed by atoms with Crippen LogP contribution in [0, 0.1) is 0 Å². The van der Waals surface area contributed by atoms with Crippen molar-refractivity contribution in [3.8, 4) is 0 Å². The van der Waals surface area contributed by atoms with Gasteiger partial charge in [0.25, 0.3) is 0 Å². The van der Waals surface area contributed by atoms with Crippen LogP contribution in [0.1, 0.15) is 65.7 Å². The summed E-state index contributed by atoms with van der Waals surface area (Å²) in [5, 5.41) is 38.8. The lowest BCUT2D eigenvalue weighted by molar-refractivity contribution is -0.155. The van der Waals surface area contributed by atoms with E-state index in [2.05, 4.69) is 20.9 Å². The summed E-state index contributed by atoms with van der Waals surface area (Å²) >= 11 is 0. The molecule has 0 saturated carbocycles. The zero-order valence-corrected chi connectivity index (χ0v) is 29.1. The third kappa shape index (κ3) is 12.2. The largest absolute Gasteiger partial charge is 0.478 e. The molecule has 15 heteroatoms. The Morgan fingerprint density at radius 3 is 1.88 bits per heavy atom. The van der Waals surface area contributed by atoms with Crippen LogP contribution in [0.15, 0.2) is 77.5 Å². The van der Waals surface area contributed by atoms with Crippen LogP contribution < -0.4 is 16.0 Å². The molecule has 1 aliphatic rings. The molecular weight excluding hydrogens is 652 g/mol. The summed E-state index contributed by atoms with van der Waals surface area (Å²) in [5.41, 5.74) is -0.640. The average Bonchev–Trinajstić information content (AvgIpc) is 3.02. The number of ether oxygens (including phenoxy) is 4. The quantitative estimate of drug-likeness (QED) is 0.0965. The topological polar surface area (TPSA) is 214 Å². The number of aliphatic hydroxyl groups is 3. The second kappa shape index (κ2) is 17.1. The molecule has 1 heterocycles. The van der Waals surface area contributed by atoms with Crippen molar-refractivity contribution < 1.29 is 53.4 Å². The fourth-order valence-corrected chi connectivity index (χ4v) is 4.77. The van der Waals surface area contributed by atoms with Gasteiger partial charge in [-0.15, -0.1) is 4.99 Å². The lowest BCUT2D eigenvalue weighted by Gasteiger charge is -2.40. The zero-order valence-electron chi connectivity index (χ0n) is 29.1. The molecule has 6 N–H and O–H groups in total. The van der Waals surface area contributed by atoms with Crippen molar-refractivity contribution in [2.75, 3.05) is 6.61 Å². The van der Waals surface area contributed by atoms with Gasteiger partial charge in [0.1, 0.15) is 29.5 Å². The Balaban J connectivity index is 2.12. The average molecular weight is 699 g/mol. The highest BCUT2D eigenvalue weighted by atomic mass is 16.6. The van der Waals surface area contributed by atoms with E-state index in [0.717, 1.165) is 0 Å². The number of benzene rings is 2. The molecule has 2 aromatic rings. The molecule has 0 radical (unpaired) electrons. The first kappa shape index (κ1) is 39.4. The summed E-state index contributed by atoms with van der Waals surface area (Å²) < 4.78 is 22.4. The zero-order chi connectivity index (χ0) is 37.2. The number of rotatable bonds is 9. The fourth-order valence-electron chi connectivity index (χ4n) is 4.77. The Kier molecular flexibility index (Phi) is 13.5. The van der Waals surface area contributed by atoms with Crippen LogP contribution in [0.2, 0.25) is 0 Å². The van der Waals surface area contributed by atoms with Gasteiger partial charge in [0.2, 0.25) is 17.6 Å². The van der Waals surface area contributed by atoms with Crippen molar-refractivity contribution in [3.63, 3.8) is 0 Å². The van der Waals surface area contributed by atoms with Crippen LogP contribution in [0.25, 0.3) is 0 Å². The van der Waals surface area contributed by atoms with E-state index in [1.165, 1.54) is 13.0 Å². The third-order valence-corrected chi connectivity index (χ3v) is 6.77. The molecule has 5 atom stereocenters. The van der Waals surface area contributed by atoms with E-state index in [0.29, 0.717) is 11.1 Å². The first-order valence-electron chi connectivity index (χ1n) is 15.9. The van der Waals surface area contributed by atoms with E-state index in [4.69, 9.17) is 18.9 Å². The standard InChI is InChI=1S/C35H46N4O11/c1-20(41)36-26-23(37-31(38-32(45)49-34(2,3)4)39-33(46)50-35(5,6)7)18-25(47-29(26)27(43)24(42)19-40)30(44)48-28(21-14-10-8-11-15-21)22-16-12-9-13-17-22/h8-18,23-24,26-29,40,42-43H,19H2,1-7H3,(H,36,41)(H2,37,38,39,45,46)/t23-,24+,26+,27+,29+/m0/s1. The maximum atomic E-state index is 13.9. The molecular formula is C35H46N4O11. The minimum absolute atomic E-state index is 0.468. The van der Waals surface area contributed by atoms with Crippen molar-refractivity contribution in [2.24, 2.45) is 4.99 Å². The van der Waals surface area contributed by atoms with Crippen molar-refractivity contribution in [2.45, 2.75) is 96.2 Å². The molecule has 272 valence electrons. The number of nitrogens with zero attached hydrogens (tertiary/aromatic N) is 1. The molecule has 3 amide bonds. The molecule has 2 aromatic carbocycles. The van der Waals surface area contributed by atoms with E-state index in [1.807, 2.05) is 0 Å². The molecule has 0 spiro atoms. The minimum Gasteiger partial charge on any atom is -0.478 e. The monoisotopic (exact) mass is 698 g/mol. The Morgan fingerprint density at radius 2 is 1.40 bits per heavy atom. The van der Waals surface area contributed by atoms with Crippen LogP contribution >= 0.6 is 0 Å². The predicted octanol–water partition coefficient (Wildman–Crippen LogP) is 2.59. The van der Waals surface area contributed by atoms with Gasteiger partial charge >= 0.3 is 18.2 Å². The van der Waals surface area contributed by atoms with Gasteiger partial charge in [-0.3, -0.25) is 10.1 Å². The van der Waals surface area contributed by atoms with Gasteiger partial charge in [-0.2, -0.15) is 0 Å². The summed E-state index contributed by atoms with van der Waals surface area (Å²) in [4.78, 5) is 55.7. The Bertz CT molecular complexity index is 1500. The maximum absolute atomic E-state index is 13.9. The highest BCUT2D eigenvalue weighted by Crippen LogP contribution is 2.30. The molecule has 0 unspecified atom stereocenters. The second-order valence-corrected chi connectivity index (χ2v) is 13.4. The number of amides is 3. The summed E-state index contributed by atoms with van der Waals surface area (Å²) in [6.45, 7) is 9.96. The molecule has 1 aliphatic heterocycles. The van der Waals surface area contributed by atoms with Crippen molar-refractivity contribution in [1.29, 1.82) is 0 Å². The normalized spacial score (nSPS) is 19.2. The van der Waals surface area contributed by atoms with Gasteiger partial charge in [0.05, 0.1) is 18.7 Å². The second-order valence-electron chi connectivity index (χ2n) is 13.4. The van der Waals surface area contributed by atoms with E-state index in [1.54, 1.807) is 102 Å². The summed E-state index contributed by atoms with van der Waals surface area (Å²) in [5.74, 6) is -2.59. The lowest BCUT2D eigenvalue weighted by atomic mass is 9.92. The highest BCUT2D eigenvalue weighted by molar-refractivity contribution is 5.99. The number of carbonyl (C=O) groups excluding carboxylic acids is 4. The van der Waals surface area contributed by atoms with Gasteiger partial charge < -0.3 is 44.9 Å². The van der Waals surface area contributed by atoms with Crippen LogP contribution in [0.3, 0.4) is 0 Å². The van der Waals surface area contributed by atoms with Gasteiger partial charge in [0, 0.05) is 6.92 Å². The number of hydrogen-bond donors (Lipinski definition) is 6. The van der Waals surface area contributed by atoms with E-state index in [9.17, 15) is 34.5 Å². The number of aliphatic hydroxyl groups excluding tert-OH is 3. The van der Waals surface area contributed by atoms with Gasteiger partial charge in [0.15, 0.2) is 6.10 Å². The number of nitrogens with one attached hydrogen (secondary N) is 3. The summed E-state index contributed by atoms with van der Waals surface area (Å²) in [6.07, 6.45) is -7.07. The molecule has 15 nitrogen and oxygen atoms in total. The van der Waals surface area contributed by atoms with E-state index in [-0.39, 0.29) is 0 Å². The number of aliphatic imine (C=N–C) groups is 1. The third-order valence-electron chi connectivity index (χ3n) is 6.77. The van der Waals surface area contributed by atoms with Gasteiger partial charge in [-0.25, -0.2) is 14.4 Å². The molecule has 0 aromatic heterocycles. The minimum atomic E-state index is -1.87. The number of alkyl carbamates (subject to hydrolysis) is 1. The van der Waals surface area contributed by atoms with Crippen LogP contribution in [-0.4, -0.2) is 93.5 Å². The Hall–Kier alpha value is -4.99. The molecule has 3 rings (SSSR count). The van der Waals surface area contributed by atoms with Crippen molar-refractivity contribution >= 4 is 30.0 Å². The van der Waals surface area contributed by atoms with Crippen LogP contribution in [0.4, 0.5) is 9.59 Å². The summed E-state index contributed by atoms with van der Waals surface area (Å²) in [7, 11) is 0. The molecule has 0 bridgehead atoms. The molecule has 50 heavy (non-hydrogen) atoms. The molecule has 0 saturated heterocycles. The smallest absolute Gasteiger partial charge is 0.437 e. The van der Waals surface area contributed by atoms with E-state index >= 15 is 0 Å². The van der Waals surface area contributed by atoms with Gasteiger partial charge in [-0.1, -0.05) is 60.7 Å². The SMILES string of the molecule is CC(=O)N[C@H]1[C@H]([C@H](O)[C@H](O)CO)OC(C(=O)OC(c2ccccc2)c2ccccc2)=C[C@@H]1N/C(=N\C(=O)OC(C)(C)C)NC(=O)OC(C)(C)C. The van der Waals surface area contributed by atoms with Crippen LogP contribution in [-0.2, 0) is 28.5 Å². The first-order chi connectivity index (χ1) is 23.4. The molecule has 0 fully saturated rings. The number of esters is 1. The number of carbonyl (C=O) groups is 4. The predicted molar refractivity (Wildman–Crippen MR) is 180 cm³/mol. The van der Waals surface area contributed by atoms with Crippen molar-refractivity contribution in [3.05, 3.63) is 83.6 Å². The molecule has 0 aliphatic carbocycles. The van der Waals surface area contributed by atoms with E-state index < -0.39 is 90.1 Å². The summed E-state index contributed by atoms with van der Waals surface area (Å²) in [6, 6.07) is 15.2. The Labute approximate surface area is 290 Å². The fraction of sp³-hybridized carbons (Fsp3) is 0.457. The Morgan fingerprint density at radius 1 is 0.860 bits per heavy atom. The van der Waals surface area contributed by atoms with Gasteiger partial charge in [-0.05, 0) is 58.7 Å². The number of hydrogen-bond acceptors (Lipinski definition) is 11. The van der Waals surface area contributed by atoms with Crippen molar-refractivity contribution in [1.82, 2.24) is 16.0 Å². The highest BCUT2D eigenvalue weighted by Gasteiger charge is 2.45. The lowest BCUT2D eigenvalue weighted by Crippen LogP contribution is -2.64. The number of guanidine groups is 1. The first-order valence-corrected chi connectivity index (χ1v) is 15.9.